The van der Waals surface area contributed by atoms with E-state index in [-0.39, 0.29) is 17.5 Å². The van der Waals surface area contributed by atoms with Gasteiger partial charge in [-0.1, -0.05) is 15.9 Å². The second kappa shape index (κ2) is 6.12. The first-order valence-electron chi connectivity index (χ1n) is 5.52. The van der Waals surface area contributed by atoms with Crippen molar-refractivity contribution < 1.29 is 17.9 Å². The molecule has 1 aliphatic heterocycles. The summed E-state index contributed by atoms with van der Waals surface area (Å²) < 4.78 is 37.9. The van der Waals surface area contributed by atoms with Crippen LogP contribution in [0.3, 0.4) is 0 Å². The number of rotatable bonds is 4. The first kappa shape index (κ1) is 14.0. The summed E-state index contributed by atoms with van der Waals surface area (Å²) in [5, 5.41) is 0. The topological polar surface area (TPSA) is 64.6 Å². The molecular weight excluding hydrogens is 322 g/mol. The Labute approximate surface area is 115 Å². The van der Waals surface area contributed by atoms with Gasteiger partial charge in [0.1, 0.15) is 0 Å². The van der Waals surface area contributed by atoms with E-state index in [4.69, 9.17) is 9.47 Å². The smallest absolute Gasteiger partial charge is 0.240 e. The van der Waals surface area contributed by atoms with Gasteiger partial charge in [0.15, 0.2) is 0 Å². The molecular formula is C11H14BrNO4S. The molecule has 1 N–H and O–H groups in total. The van der Waals surface area contributed by atoms with Gasteiger partial charge in [-0.15, -0.1) is 0 Å². The monoisotopic (exact) mass is 335 g/mol. The van der Waals surface area contributed by atoms with E-state index in [1.807, 2.05) is 0 Å². The van der Waals surface area contributed by atoms with Gasteiger partial charge in [0.2, 0.25) is 10.0 Å². The highest BCUT2D eigenvalue weighted by atomic mass is 79.9. The Bertz CT molecular complexity index is 482. The van der Waals surface area contributed by atoms with E-state index < -0.39 is 10.0 Å². The second-order valence-electron chi connectivity index (χ2n) is 3.87. The largest absolute Gasteiger partial charge is 0.376 e. The van der Waals surface area contributed by atoms with Gasteiger partial charge in [-0.25, -0.2) is 13.1 Å². The molecule has 2 rings (SSSR count). The SMILES string of the molecule is O=S(=O)(NCC1COCCO1)c1ccc(Br)cc1. The molecule has 5 nitrogen and oxygen atoms in total. The molecule has 0 radical (unpaired) electrons. The van der Waals surface area contributed by atoms with Gasteiger partial charge in [0, 0.05) is 11.0 Å². The molecule has 0 amide bonds. The first-order chi connectivity index (χ1) is 8.58. The molecule has 0 spiro atoms. The van der Waals surface area contributed by atoms with Gasteiger partial charge in [-0.2, -0.15) is 0 Å². The predicted molar refractivity (Wildman–Crippen MR) is 69.9 cm³/mol. The Hall–Kier alpha value is -0.470. The van der Waals surface area contributed by atoms with Gasteiger partial charge in [-0.3, -0.25) is 0 Å². The van der Waals surface area contributed by atoms with E-state index in [0.717, 1.165) is 4.47 Å². The summed E-state index contributed by atoms with van der Waals surface area (Å²) in [6.45, 7) is 1.71. The fourth-order valence-corrected chi connectivity index (χ4v) is 2.88. The third kappa shape index (κ3) is 3.76. The minimum Gasteiger partial charge on any atom is -0.376 e. The van der Waals surface area contributed by atoms with E-state index in [1.54, 1.807) is 24.3 Å². The van der Waals surface area contributed by atoms with Crippen LogP contribution in [0, 0.1) is 0 Å². The molecule has 100 valence electrons. The van der Waals surface area contributed by atoms with Crippen molar-refractivity contribution in [3.05, 3.63) is 28.7 Å². The molecule has 1 fully saturated rings. The van der Waals surface area contributed by atoms with Crippen molar-refractivity contribution in [1.82, 2.24) is 4.72 Å². The number of nitrogens with one attached hydrogen (secondary N) is 1. The molecule has 18 heavy (non-hydrogen) atoms. The molecule has 7 heteroatoms. The van der Waals surface area contributed by atoms with Crippen molar-refractivity contribution in [2.75, 3.05) is 26.4 Å². The zero-order valence-corrected chi connectivity index (χ0v) is 12.0. The summed E-state index contributed by atoms with van der Waals surface area (Å²) in [5.41, 5.74) is 0. The van der Waals surface area contributed by atoms with Gasteiger partial charge < -0.3 is 9.47 Å². The van der Waals surface area contributed by atoms with Crippen molar-refractivity contribution >= 4 is 26.0 Å². The summed E-state index contributed by atoms with van der Waals surface area (Å²) in [7, 11) is -3.48. The second-order valence-corrected chi connectivity index (χ2v) is 6.56. The highest BCUT2D eigenvalue weighted by molar-refractivity contribution is 9.10. The van der Waals surface area contributed by atoms with Gasteiger partial charge >= 0.3 is 0 Å². The maximum atomic E-state index is 12.0. The highest BCUT2D eigenvalue weighted by Gasteiger charge is 2.19. The van der Waals surface area contributed by atoms with Crippen LogP contribution in [0.15, 0.2) is 33.6 Å². The Morgan fingerprint density at radius 1 is 1.28 bits per heavy atom. The summed E-state index contributed by atoms with van der Waals surface area (Å²) in [6.07, 6.45) is -0.219. The number of hydrogen-bond acceptors (Lipinski definition) is 4. The summed E-state index contributed by atoms with van der Waals surface area (Å²) in [4.78, 5) is 0.238. The Balaban J connectivity index is 1.96. The lowest BCUT2D eigenvalue weighted by Gasteiger charge is -2.23. The maximum absolute atomic E-state index is 12.0. The lowest BCUT2D eigenvalue weighted by molar-refractivity contribution is -0.0846. The normalized spacial score (nSPS) is 20.8. The Morgan fingerprint density at radius 3 is 2.61 bits per heavy atom. The van der Waals surface area contributed by atoms with E-state index in [2.05, 4.69) is 20.7 Å². The molecule has 1 aromatic rings. The van der Waals surface area contributed by atoms with Crippen LogP contribution in [0.25, 0.3) is 0 Å². The fraction of sp³-hybridized carbons (Fsp3) is 0.455. The molecule has 1 aliphatic rings. The lowest BCUT2D eigenvalue weighted by atomic mass is 10.3. The molecule has 1 heterocycles. The molecule has 1 aromatic carbocycles. The number of hydrogen-bond donors (Lipinski definition) is 1. The Morgan fingerprint density at radius 2 is 2.00 bits per heavy atom. The number of sulfonamides is 1. The van der Waals surface area contributed by atoms with Gasteiger partial charge in [-0.05, 0) is 24.3 Å². The van der Waals surface area contributed by atoms with Crippen molar-refractivity contribution in [3.63, 3.8) is 0 Å². The zero-order chi connectivity index (χ0) is 13.0. The van der Waals surface area contributed by atoms with Crippen LogP contribution in [0.2, 0.25) is 0 Å². The maximum Gasteiger partial charge on any atom is 0.240 e. The summed E-state index contributed by atoms with van der Waals surface area (Å²) in [5.74, 6) is 0. The summed E-state index contributed by atoms with van der Waals surface area (Å²) >= 11 is 3.26. The Kier molecular flexibility index (Phi) is 4.74. The number of benzene rings is 1. The van der Waals surface area contributed by atoms with Crippen molar-refractivity contribution in [3.8, 4) is 0 Å². The molecule has 1 saturated heterocycles. The van der Waals surface area contributed by atoms with Gasteiger partial charge in [0.05, 0.1) is 30.8 Å². The van der Waals surface area contributed by atoms with Crippen LogP contribution in [0.1, 0.15) is 0 Å². The average molecular weight is 336 g/mol. The molecule has 1 atom stereocenters. The molecule has 0 saturated carbocycles. The standard InChI is InChI=1S/C11H14BrNO4S/c12-9-1-3-11(4-2-9)18(14,15)13-7-10-8-16-5-6-17-10/h1-4,10,13H,5-8H2. The van der Waals surface area contributed by atoms with E-state index in [9.17, 15) is 8.42 Å². The number of halogens is 1. The quantitative estimate of drug-likeness (QED) is 0.896. The van der Waals surface area contributed by atoms with Crippen LogP contribution in [0.5, 0.6) is 0 Å². The van der Waals surface area contributed by atoms with E-state index in [0.29, 0.717) is 19.8 Å². The van der Waals surface area contributed by atoms with Crippen LogP contribution >= 0.6 is 15.9 Å². The third-order valence-electron chi connectivity index (χ3n) is 2.51. The minimum absolute atomic E-state index is 0.219. The first-order valence-corrected chi connectivity index (χ1v) is 7.80. The average Bonchev–Trinajstić information content (AvgIpc) is 2.38. The fourth-order valence-electron chi connectivity index (χ4n) is 1.55. The van der Waals surface area contributed by atoms with Crippen molar-refractivity contribution in [2.24, 2.45) is 0 Å². The highest BCUT2D eigenvalue weighted by Crippen LogP contribution is 2.14. The minimum atomic E-state index is -3.48. The molecule has 0 aliphatic carbocycles. The van der Waals surface area contributed by atoms with E-state index >= 15 is 0 Å². The molecule has 0 bridgehead atoms. The number of ether oxygens (including phenoxy) is 2. The molecule has 0 aromatic heterocycles. The third-order valence-corrected chi connectivity index (χ3v) is 4.48. The molecule has 1 unspecified atom stereocenters. The van der Waals surface area contributed by atoms with Crippen LogP contribution in [-0.2, 0) is 19.5 Å². The lowest BCUT2D eigenvalue weighted by Crippen LogP contribution is -2.39. The zero-order valence-electron chi connectivity index (χ0n) is 9.63. The predicted octanol–water partition coefficient (Wildman–Crippen LogP) is 1.14. The van der Waals surface area contributed by atoms with Crippen molar-refractivity contribution in [2.45, 2.75) is 11.0 Å². The van der Waals surface area contributed by atoms with E-state index in [1.165, 1.54) is 0 Å². The van der Waals surface area contributed by atoms with Crippen LogP contribution in [0.4, 0.5) is 0 Å². The summed E-state index contributed by atoms with van der Waals surface area (Å²) in [6, 6.07) is 6.47. The van der Waals surface area contributed by atoms with Crippen molar-refractivity contribution in [1.29, 1.82) is 0 Å². The van der Waals surface area contributed by atoms with Gasteiger partial charge in [0.25, 0.3) is 0 Å². The van der Waals surface area contributed by atoms with Crippen LogP contribution in [-0.4, -0.2) is 40.9 Å². The van der Waals surface area contributed by atoms with Crippen LogP contribution < -0.4 is 4.72 Å².